The van der Waals surface area contributed by atoms with Gasteiger partial charge in [-0.15, -0.1) is 12.4 Å². The normalized spacial score (nSPS) is 46.2. The minimum absolute atomic E-state index is 0. The molecule has 3 saturated carbocycles. The molecular weight excluding hydrogens is 226 g/mol. The SMILES string of the molecule is CN1C[C@@H]2C3CCC(CC3)[C@@H]2[C@H]1C(=O)O.Cl. The molecule has 0 spiro atoms. The van der Waals surface area contributed by atoms with E-state index in [1.807, 2.05) is 7.05 Å². The quantitative estimate of drug-likeness (QED) is 0.767. The second kappa shape index (κ2) is 4.19. The van der Waals surface area contributed by atoms with Gasteiger partial charge in [-0.2, -0.15) is 0 Å². The van der Waals surface area contributed by atoms with Crippen molar-refractivity contribution in [3.05, 3.63) is 0 Å². The molecule has 0 unspecified atom stereocenters. The summed E-state index contributed by atoms with van der Waals surface area (Å²) in [6.45, 7) is 1.02. The van der Waals surface area contributed by atoms with Gasteiger partial charge >= 0.3 is 5.97 Å². The number of carboxylic acids is 1. The first kappa shape index (κ1) is 12.2. The lowest BCUT2D eigenvalue weighted by Crippen LogP contribution is -2.45. The van der Waals surface area contributed by atoms with E-state index in [2.05, 4.69) is 4.90 Å². The number of carboxylic acid groups (broad SMARTS) is 1. The number of hydrogen-bond acceptors (Lipinski definition) is 2. The molecule has 2 bridgehead atoms. The van der Waals surface area contributed by atoms with Crippen LogP contribution in [-0.2, 0) is 4.79 Å². The molecule has 0 aromatic carbocycles. The molecule has 4 heteroatoms. The third kappa shape index (κ3) is 1.56. The molecular formula is C12H20ClNO2. The molecule has 4 rings (SSSR count). The zero-order chi connectivity index (χ0) is 10.6. The molecule has 0 amide bonds. The summed E-state index contributed by atoms with van der Waals surface area (Å²) in [4.78, 5) is 13.4. The summed E-state index contributed by atoms with van der Waals surface area (Å²) < 4.78 is 0. The van der Waals surface area contributed by atoms with E-state index in [0.717, 1.165) is 12.5 Å². The Hall–Kier alpha value is -0.280. The van der Waals surface area contributed by atoms with Crippen molar-refractivity contribution in [3.63, 3.8) is 0 Å². The Morgan fingerprint density at radius 3 is 2.31 bits per heavy atom. The van der Waals surface area contributed by atoms with E-state index in [4.69, 9.17) is 0 Å². The number of likely N-dealkylation sites (tertiary alicyclic amines) is 1. The van der Waals surface area contributed by atoms with Crippen molar-refractivity contribution in [3.8, 4) is 0 Å². The van der Waals surface area contributed by atoms with Crippen LogP contribution in [0.4, 0.5) is 0 Å². The number of fused-ring (bicyclic) bond motifs is 2. The highest BCUT2D eigenvalue weighted by molar-refractivity contribution is 5.85. The predicted octanol–water partition coefficient (Wildman–Crippen LogP) is 1.86. The Balaban J connectivity index is 0.000000963. The maximum absolute atomic E-state index is 11.3. The van der Waals surface area contributed by atoms with Crippen molar-refractivity contribution in [2.75, 3.05) is 13.6 Å². The molecule has 4 aliphatic rings. The highest BCUT2D eigenvalue weighted by atomic mass is 35.5. The first-order valence-electron chi connectivity index (χ1n) is 6.11. The van der Waals surface area contributed by atoms with Gasteiger partial charge in [-0.25, -0.2) is 0 Å². The van der Waals surface area contributed by atoms with Gasteiger partial charge in [-0.05, 0) is 56.4 Å². The topological polar surface area (TPSA) is 40.5 Å². The van der Waals surface area contributed by atoms with Gasteiger partial charge < -0.3 is 5.11 Å². The largest absolute Gasteiger partial charge is 0.480 e. The van der Waals surface area contributed by atoms with Crippen LogP contribution in [0.15, 0.2) is 0 Å². The van der Waals surface area contributed by atoms with Crippen LogP contribution in [0.5, 0.6) is 0 Å². The summed E-state index contributed by atoms with van der Waals surface area (Å²) in [6, 6.07) is -0.192. The van der Waals surface area contributed by atoms with Gasteiger partial charge in [-0.3, -0.25) is 9.69 Å². The molecule has 1 aliphatic heterocycles. The summed E-state index contributed by atoms with van der Waals surface area (Å²) in [5.74, 6) is 2.07. The number of nitrogens with zero attached hydrogens (tertiary/aromatic N) is 1. The molecule has 4 fully saturated rings. The van der Waals surface area contributed by atoms with Crippen molar-refractivity contribution >= 4 is 18.4 Å². The summed E-state index contributed by atoms with van der Waals surface area (Å²) in [7, 11) is 1.98. The molecule has 3 nitrogen and oxygen atoms in total. The number of hydrogen-bond donors (Lipinski definition) is 1. The maximum atomic E-state index is 11.3. The number of halogens is 1. The second-order valence-electron chi connectivity index (χ2n) is 5.64. The van der Waals surface area contributed by atoms with Gasteiger partial charge in [0.25, 0.3) is 0 Å². The van der Waals surface area contributed by atoms with Crippen LogP contribution in [0.1, 0.15) is 25.7 Å². The first-order chi connectivity index (χ1) is 7.18. The van der Waals surface area contributed by atoms with E-state index in [1.54, 1.807) is 0 Å². The van der Waals surface area contributed by atoms with E-state index in [-0.39, 0.29) is 18.4 Å². The molecule has 92 valence electrons. The fourth-order valence-electron chi connectivity index (χ4n) is 4.48. The van der Waals surface area contributed by atoms with Gasteiger partial charge in [0.1, 0.15) is 6.04 Å². The van der Waals surface area contributed by atoms with Gasteiger partial charge in [0.05, 0.1) is 0 Å². The monoisotopic (exact) mass is 245 g/mol. The number of rotatable bonds is 1. The van der Waals surface area contributed by atoms with Crippen LogP contribution in [0.2, 0.25) is 0 Å². The van der Waals surface area contributed by atoms with Crippen LogP contribution >= 0.6 is 12.4 Å². The van der Waals surface area contributed by atoms with Crippen molar-refractivity contribution in [1.82, 2.24) is 4.90 Å². The number of carbonyl (C=O) groups is 1. The zero-order valence-electron chi connectivity index (χ0n) is 9.63. The standard InChI is InChI=1S/C12H19NO2.ClH/c1-13-6-9-7-2-4-8(5-3-7)10(9)11(13)12(14)15;/h7-11H,2-6H2,1H3,(H,14,15);1H/t7?,8?,9-,10+,11+;/m1./s1. The van der Waals surface area contributed by atoms with Gasteiger partial charge in [0, 0.05) is 6.54 Å². The van der Waals surface area contributed by atoms with Gasteiger partial charge in [0.2, 0.25) is 0 Å². The molecule has 1 heterocycles. The fourth-order valence-corrected chi connectivity index (χ4v) is 4.48. The van der Waals surface area contributed by atoms with E-state index < -0.39 is 5.97 Å². The van der Waals surface area contributed by atoms with Crippen LogP contribution in [-0.4, -0.2) is 35.6 Å². The van der Waals surface area contributed by atoms with Crippen molar-refractivity contribution in [2.45, 2.75) is 31.7 Å². The Labute approximate surface area is 103 Å². The van der Waals surface area contributed by atoms with Crippen LogP contribution in [0, 0.1) is 23.7 Å². The Morgan fingerprint density at radius 2 is 1.75 bits per heavy atom. The molecule has 0 aromatic rings. The highest BCUT2D eigenvalue weighted by Gasteiger charge is 2.54. The molecule has 1 N–H and O–H groups in total. The lowest BCUT2D eigenvalue weighted by atomic mass is 9.58. The average molecular weight is 246 g/mol. The fraction of sp³-hybridized carbons (Fsp3) is 0.917. The average Bonchev–Trinajstić information content (AvgIpc) is 2.58. The minimum Gasteiger partial charge on any atom is -0.480 e. The Morgan fingerprint density at radius 1 is 1.19 bits per heavy atom. The van der Waals surface area contributed by atoms with E-state index >= 15 is 0 Å². The van der Waals surface area contributed by atoms with Crippen molar-refractivity contribution in [2.24, 2.45) is 23.7 Å². The van der Waals surface area contributed by atoms with Gasteiger partial charge in [0.15, 0.2) is 0 Å². The lowest BCUT2D eigenvalue weighted by molar-refractivity contribution is -0.144. The smallest absolute Gasteiger partial charge is 0.321 e. The van der Waals surface area contributed by atoms with Crippen molar-refractivity contribution in [1.29, 1.82) is 0 Å². The zero-order valence-corrected chi connectivity index (χ0v) is 10.4. The highest BCUT2D eigenvalue weighted by Crippen LogP contribution is 2.53. The van der Waals surface area contributed by atoms with Crippen molar-refractivity contribution < 1.29 is 9.90 Å². The summed E-state index contributed by atoms with van der Waals surface area (Å²) >= 11 is 0. The Kier molecular flexibility index (Phi) is 3.19. The number of likely N-dealkylation sites (N-methyl/N-ethyl adjacent to an activating group) is 1. The molecule has 0 aromatic heterocycles. The molecule has 1 saturated heterocycles. The maximum Gasteiger partial charge on any atom is 0.321 e. The summed E-state index contributed by atoms with van der Waals surface area (Å²) in [5.41, 5.74) is 0. The number of aliphatic carboxylic acids is 1. The summed E-state index contributed by atoms with van der Waals surface area (Å²) in [5, 5.41) is 9.31. The molecule has 3 atom stereocenters. The second-order valence-corrected chi connectivity index (χ2v) is 5.64. The van der Waals surface area contributed by atoms with E-state index in [1.165, 1.54) is 25.7 Å². The lowest BCUT2D eigenvalue weighted by Gasteiger charge is -2.46. The van der Waals surface area contributed by atoms with Crippen LogP contribution in [0.3, 0.4) is 0 Å². The van der Waals surface area contributed by atoms with Crippen LogP contribution < -0.4 is 0 Å². The summed E-state index contributed by atoms with van der Waals surface area (Å²) in [6.07, 6.45) is 5.27. The molecule has 0 radical (unpaired) electrons. The molecule has 16 heavy (non-hydrogen) atoms. The van der Waals surface area contributed by atoms with E-state index in [0.29, 0.717) is 17.8 Å². The molecule has 3 aliphatic carbocycles. The first-order valence-corrected chi connectivity index (χ1v) is 6.11. The predicted molar refractivity (Wildman–Crippen MR) is 63.7 cm³/mol. The minimum atomic E-state index is -0.599. The third-order valence-corrected chi connectivity index (χ3v) is 5.05. The van der Waals surface area contributed by atoms with Gasteiger partial charge in [-0.1, -0.05) is 0 Å². The van der Waals surface area contributed by atoms with E-state index in [9.17, 15) is 9.90 Å². The third-order valence-electron chi connectivity index (χ3n) is 5.05. The van der Waals surface area contributed by atoms with Crippen LogP contribution in [0.25, 0.3) is 0 Å². The Bertz CT molecular complexity index is 289.